The van der Waals surface area contributed by atoms with Gasteiger partial charge in [0.25, 0.3) is 0 Å². The summed E-state index contributed by atoms with van der Waals surface area (Å²) in [5.41, 5.74) is 2.01. The molecule has 0 bridgehead atoms. The van der Waals surface area contributed by atoms with Crippen LogP contribution in [0.4, 0.5) is 5.69 Å². The zero-order chi connectivity index (χ0) is 12.3. The van der Waals surface area contributed by atoms with Crippen molar-refractivity contribution in [3.63, 3.8) is 0 Å². The smallest absolute Gasteiger partial charge is 0.238 e. The van der Waals surface area contributed by atoms with Gasteiger partial charge in [-0.3, -0.25) is 4.99 Å². The number of hydrogen-bond acceptors (Lipinski definition) is 3. The molecule has 0 radical (unpaired) electrons. The second kappa shape index (κ2) is 4.98. The van der Waals surface area contributed by atoms with Crippen molar-refractivity contribution in [3.05, 3.63) is 24.3 Å². The van der Waals surface area contributed by atoms with Crippen molar-refractivity contribution in [2.45, 2.75) is 37.0 Å². The Morgan fingerprint density at radius 3 is 2.12 bits per heavy atom. The molecule has 0 heterocycles. The Labute approximate surface area is 102 Å². The summed E-state index contributed by atoms with van der Waals surface area (Å²) in [6.07, 6.45) is 5.79. The molecule has 1 saturated carbocycles. The zero-order valence-electron chi connectivity index (χ0n) is 9.59. The van der Waals surface area contributed by atoms with E-state index in [2.05, 4.69) is 4.99 Å². The molecular weight excluding hydrogens is 236 g/mol. The summed E-state index contributed by atoms with van der Waals surface area (Å²) >= 11 is 0. The van der Waals surface area contributed by atoms with Gasteiger partial charge in [0.1, 0.15) is 0 Å². The fraction of sp³-hybridized carbons (Fsp3) is 0.417. The van der Waals surface area contributed by atoms with Gasteiger partial charge in [-0.15, -0.1) is 0 Å². The average molecular weight is 252 g/mol. The van der Waals surface area contributed by atoms with Crippen LogP contribution >= 0.6 is 0 Å². The van der Waals surface area contributed by atoms with E-state index < -0.39 is 10.0 Å². The molecule has 0 amide bonds. The molecule has 1 aromatic rings. The molecule has 2 rings (SSSR count). The minimum atomic E-state index is -3.60. The van der Waals surface area contributed by atoms with Crippen LogP contribution in [0.25, 0.3) is 0 Å². The third-order valence-corrected chi connectivity index (χ3v) is 3.81. The molecule has 0 aromatic heterocycles. The lowest BCUT2D eigenvalue weighted by Gasteiger charge is -2.12. The zero-order valence-corrected chi connectivity index (χ0v) is 10.4. The summed E-state index contributed by atoms with van der Waals surface area (Å²) in [7, 11) is -3.60. The van der Waals surface area contributed by atoms with Gasteiger partial charge in [0.05, 0.1) is 10.6 Å². The molecule has 1 fully saturated rings. The quantitative estimate of drug-likeness (QED) is 0.877. The van der Waals surface area contributed by atoms with Crippen LogP contribution in [0.2, 0.25) is 0 Å². The maximum Gasteiger partial charge on any atom is 0.238 e. The Morgan fingerprint density at radius 2 is 1.59 bits per heavy atom. The van der Waals surface area contributed by atoms with Crippen molar-refractivity contribution in [1.29, 1.82) is 0 Å². The molecule has 4 nitrogen and oxygen atoms in total. The Balaban J connectivity index is 2.18. The molecule has 0 unspecified atom stereocenters. The lowest BCUT2D eigenvalue weighted by Crippen LogP contribution is -2.11. The summed E-state index contributed by atoms with van der Waals surface area (Å²) in [4.78, 5) is 4.65. The highest BCUT2D eigenvalue weighted by Crippen LogP contribution is 2.21. The van der Waals surface area contributed by atoms with Crippen molar-refractivity contribution in [3.8, 4) is 0 Å². The average Bonchev–Trinajstić information content (AvgIpc) is 2.30. The van der Waals surface area contributed by atoms with Gasteiger partial charge in [0.2, 0.25) is 10.0 Å². The lowest BCUT2D eigenvalue weighted by atomic mass is 9.98. The molecule has 0 spiro atoms. The summed E-state index contributed by atoms with van der Waals surface area (Å²) in [6, 6.07) is 6.39. The van der Waals surface area contributed by atoms with Crippen molar-refractivity contribution in [1.82, 2.24) is 0 Å². The van der Waals surface area contributed by atoms with Gasteiger partial charge in [0, 0.05) is 5.71 Å². The SMILES string of the molecule is NS(=O)(=O)c1ccc(N=C2CCCCC2)cc1. The van der Waals surface area contributed by atoms with Crippen LogP contribution in [0.1, 0.15) is 32.1 Å². The minimum absolute atomic E-state index is 0.130. The monoisotopic (exact) mass is 252 g/mol. The lowest BCUT2D eigenvalue weighted by molar-refractivity contribution is 0.598. The normalized spacial score (nSPS) is 16.9. The third kappa shape index (κ3) is 3.38. The van der Waals surface area contributed by atoms with Crippen LogP contribution in [0.15, 0.2) is 34.2 Å². The first-order chi connectivity index (χ1) is 8.05. The second-order valence-electron chi connectivity index (χ2n) is 4.28. The maximum atomic E-state index is 11.1. The van der Waals surface area contributed by atoms with E-state index in [1.807, 2.05) is 0 Å². The van der Waals surface area contributed by atoms with Gasteiger partial charge in [-0.05, 0) is 49.9 Å². The maximum absolute atomic E-state index is 11.1. The molecule has 1 aliphatic carbocycles. The second-order valence-corrected chi connectivity index (χ2v) is 5.84. The number of sulfonamides is 1. The van der Waals surface area contributed by atoms with Gasteiger partial charge in [-0.2, -0.15) is 0 Å². The first kappa shape index (κ1) is 12.3. The molecule has 0 atom stereocenters. The van der Waals surface area contributed by atoms with E-state index in [-0.39, 0.29) is 4.90 Å². The Morgan fingerprint density at radius 1 is 1.00 bits per heavy atom. The fourth-order valence-electron chi connectivity index (χ4n) is 1.96. The number of benzene rings is 1. The standard InChI is InChI=1S/C12H16N2O2S/c13-17(15,16)12-8-6-11(7-9-12)14-10-4-2-1-3-5-10/h6-9H,1-5H2,(H2,13,15,16). The van der Waals surface area contributed by atoms with Crippen molar-refractivity contribution < 1.29 is 8.42 Å². The summed E-state index contributed by atoms with van der Waals surface area (Å²) in [5.74, 6) is 0. The number of rotatable bonds is 2. The number of nitrogens with two attached hydrogens (primary N) is 1. The minimum Gasteiger partial charge on any atom is -0.258 e. The Kier molecular flexibility index (Phi) is 3.59. The summed E-state index contributed by atoms with van der Waals surface area (Å²) in [5, 5.41) is 5.03. The van der Waals surface area contributed by atoms with Gasteiger partial charge < -0.3 is 0 Å². The fourth-order valence-corrected chi connectivity index (χ4v) is 2.48. The number of nitrogens with zero attached hydrogens (tertiary/aromatic N) is 1. The molecule has 92 valence electrons. The molecule has 17 heavy (non-hydrogen) atoms. The van der Waals surface area contributed by atoms with E-state index in [1.165, 1.54) is 37.1 Å². The molecule has 1 aromatic carbocycles. The number of primary sulfonamides is 1. The highest BCUT2D eigenvalue weighted by Gasteiger charge is 2.08. The molecule has 0 aliphatic heterocycles. The molecule has 2 N–H and O–H groups in total. The van der Waals surface area contributed by atoms with Gasteiger partial charge in [-0.1, -0.05) is 6.42 Å². The van der Waals surface area contributed by atoms with Gasteiger partial charge >= 0.3 is 0 Å². The van der Waals surface area contributed by atoms with E-state index in [1.54, 1.807) is 12.1 Å². The van der Waals surface area contributed by atoms with Crippen LogP contribution < -0.4 is 5.14 Å². The van der Waals surface area contributed by atoms with E-state index in [0.717, 1.165) is 18.5 Å². The molecule has 1 aliphatic rings. The van der Waals surface area contributed by atoms with Crippen molar-refractivity contribution in [2.24, 2.45) is 10.1 Å². The molecule has 0 saturated heterocycles. The topological polar surface area (TPSA) is 72.5 Å². The Hall–Kier alpha value is -1.20. The van der Waals surface area contributed by atoms with Gasteiger partial charge in [-0.25, -0.2) is 13.6 Å². The van der Waals surface area contributed by atoms with Crippen LogP contribution in [0.5, 0.6) is 0 Å². The summed E-state index contributed by atoms with van der Waals surface area (Å²) < 4.78 is 22.2. The van der Waals surface area contributed by atoms with Crippen molar-refractivity contribution >= 4 is 21.4 Å². The first-order valence-corrected chi connectivity index (χ1v) is 7.30. The first-order valence-electron chi connectivity index (χ1n) is 5.75. The van der Waals surface area contributed by atoms with Crippen molar-refractivity contribution in [2.75, 3.05) is 0 Å². The van der Waals surface area contributed by atoms with Crippen LogP contribution in [-0.4, -0.2) is 14.1 Å². The van der Waals surface area contributed by atoms with Crippen LogP contribution in [0.3, 0.4) is 0 Å². The van der Waals surface area contributed by atoms with E-state index >= 15 is 0 Å². The van der Waals surface area contributed by atoms with E-state index in [4.69, 9.17) is 5.14 Å². The van der Waals surface area contributed by atoms with Crippen LogP contribution in [-0.2, 0) is 10.0 Å². The predicted octanol–water partition coefficient (Wildman–Crippen LogP) is 2.37. The largest absolute Gasteiger partial charge is 0.258 e. The number of aliphatic imine (C=N–C) groups is 1. The molecule has 5 heteroatoms. The number of hydrogen-bond donors (Lipinski definition) is 1. The van der Waals surface area contributed by atoms with Crippen LogP contribution in [0, 0.1) is 0 Å². The predicted molar refractivity (Wildman–Crippen MR) is 68.0 cm³/mol. The Bertz CT molecular complexity index is 510. The van der Waals surface area contributed by atoms with E-state index in [9.17, 15) is 8.42 Å². The molecular formula is C12H16N2O2S. The highest BCUT2D eigenvalue weighted by molar-refractivity contribution is 7.89. The third-order valence-electron chi connectivity index (χ3n) is 2.88. The van der Waals surface area contributed by atoms with E-state index in [0.29, 0.717) is 0 Å². The van der Waals surface area contributed by atoms with Gasteiger partial charge in [0.15, 0.2) is 0 Å². The summed E-state index contributed by atoms with van der Waals surface area (Å²) in [6.45, 7) is 0. The highest BCUT2D eigenvalue weighted by atomic mass is 32.2.